The Morgan fingerprint density at radius 3 is 2.78 bits per heavy atom. The highest BCUT2D eigenvalue weighted by Crippen LogP contribution is 2.31. The van der Waals surface area contributed by atoms with Crippen LogP contribution in [0.5, 0.6) is 0 Å². The minimum absolute atomic E-state index is 0.0321. The molecule has 3 rings (SSSR count). The number of thioether (sulfide) groups is 1. The molecule has 2 aromatic rings. The lowest BCUT2D eigenvalue weighted by molar-refractivity contribution is 0.0912. The van der Waals surface area contributed by atoms with Crippen LogP contribution in [0.3, 0.4) is 0 Å². The Hall–Kier alpha value is -2.05. The predicted octanol–water partition coefficient (Wildman–Crippen LogP) is 2.37. The molecule has 1 N–H and O–H groups in total. The molecule has 0 saturated carbocycles. The van der Waals surface area contributed by atoms with Crippen molar-refractivity contribution >= 4 is 17.7 Å². The van der Waals surface area contributed by atoms with Gasteiger partial charge < -0.3 is 14.8 Å². The molecule has 1 unspecified atom stereocenters. The second kappa shape index (κ2) is 8.31. The molecule has 1 aliphatic heterocycles. The van der Waals surface area contributed by atoms with E-state index in [9.17, 15) is 9.59 Å². The summed E-state index contributed by atoms with van der Waals surface area (Å²) in [4.78, 5) is 27.7. The molecule has 1 fully saturated rings. The van der Waals surface area contributed by atoms with E-state index >= 15 is 0 Å². The topological polar surface area (TPSA) is 54.3 Å². The van der Waals surface area contributed by atoms with E-state index in [-0.39, 0.29) is 22.6 Å². The molecule has 1 atom stereocenters. The summed E-state index contributed by atoms with van der Waals surface area (Å²) in [6.07, 6.45) is 2.77. The van der Waals surface area contributed by atoms with Crippen molar-refractivity contribution in [1.29, 1.82) is 0 Å². The molecule has 1 saturated heterocycles. The van der Waals surface area contributed by atoms with Gasteiger partial charge in [0.05, 0.1) is 6.54 Å². The van der Waals surface area contributed by atoms with Gasteiger partial charge in [0, 0.05) is 24.0 Å². The number of pyridine rings is 1. The van der Waals surface area contributed by atoms with Gasteiger partial charge in [-0.15, -0.1) is 0 Å². The number of aromatic nitrogens is 1. The van der Waals surface area contributed by atoms with Gasteiger partial charge in [-0.1, -0.05) is 29.8 Å². The molecule has 2 heterocycles. The predicted molar refractivity (Wildman–Crippen MR) is 112 cm³/mol. The average Bonchev–Trinajstić information content (AvgIpc) is 3.12. The maximum absolute atomic E-state index is 12.8. The Labute approximate surface area is 164 Å². The Kier molecular flexibility index (Phi) is 6.07. The fourth-order valence-electron chi connectivity index (χ4n) is 3.43. The van der Waals surface area contributed by atoms with Crippen LogP contribution in [-0.2, 0) is 6.54 Å². The fourth-order valence-corrected chi connectivity index (χ4v) is 4.98. The lowest BCUT2D eigenvalue weighted by Crippen LogP contribution is -2.53. The highest BCUT2D eigenvalue weighted by atomic mass is 32.2. The van der Waals surface area contributed by atoms with Crippen LogP contribution in [0.4, 0.5) is 0 Å². The number of hydrogen-bond donors (Lipinski definition) is 1. The normalized spacial score (nSPS) is 19.4. The molecule has 144 valence electrons. The van der Waals surface area contributed by atoms with Crippen molar-refractivity contribution in [2.75, 3.05) is 32.1 Å². The maximum atomic E-state index is 12.8. The number of carbonyl (C=O) groups excluding carboxylic acids is 1. The van der Waals surface area contributed by atoms with Crippen molar-refractivity contribution in [3.8, 4) is 0 Å². The summed E-state index contributed by atoms with van der Waals surface area (Å²) >= 11 is 1.91. The van der Waals surface area contributed by atoms with Crippen molar-refractivity contribution in [3.05, 3.63) is 69.6 Å². The van der Waals surface area contributed by atoms with Crippen LogP contribution in [0, 0.1) is 6.92 Å². The number of rotatable bonds is 6. The standard InChI is InChI=1S/C21H27N3O2S/c1-16-6-4-7-17(12-16)13-24-10-5-8-18(20(24)26)19(25)22-14-21(23(2)3)9-11-27-15-21/h4-8,10,12H,9,11,13-15H2,1-3H3,(H,22,25). The lowest BCUT2D eigenvalue weighted by Gasteiger charge is -2.35. The lowest BCUT2D eigenvalue weighted by atomic mass is 9.97. The number of hydrogen-bond acceptors (Lipinski definition) is 4. The number of carbonyl (C=O) groups is 1. The number of benzene rings is 1. The number of likely N-dealkylation sites (N-methyl/N-ethyl adjacent to an activating group) is 1. The smallest absolute Gasteiger partial charge is 0.263 e. The van der Waals surface area contributed by atoms with Crippen molar-refractivity contribution in [2.24, 2.45) is 0 Å². The Balaban J connectivity index is 1.75. The Morgan fingerprint density at radius 2 is 2.11 bits per heavy atom. The maximum Gasteiger partial charge on any atom is 0.263 e. The summed E-state index contributed by atoms with van der Waals surface area (Å²) in [7, 11) is 4.10. The first-order chi connectivity index (χ1) is 12.9. The minimum atomic E-state index is -0.295. The Morgan fingerprint density at radius 1 is 1.30 bits per heavy atom. The molecule has 1 aliphatic rings. The van der Waals surface area contributed by atoms with Crippen LogP contribution < -0.4 is 10.9 Å². The Bertz CT molecular complexity index is 870. The van der Waals surface area contributed by atoms with Crippen LogP contribution in [-0.4, -0.2) is 53.1 Å². The second-order valence-corrected chi connectivity index (χ2v) is 8.55. The molecule has 27 heavy (non-hydrogen) atoms. The zero-order valence-corrected chi connectivity index (χ0v) is 17.0. The number of nitrogens with one attached hydrogen (secondary N) is 1. The van der Waals surface area contributed by atoms with Crippen LogP contribution in [0.1, 0.15) is 27.9 Å². The van der Waals surface area contributed by atoms with E-state index in [1.807, 2.05) is 36.9 Å². The van der Waals surface area contributed by atoms with Crippen molar-refractivity contribution < 1.29 is 4.79 Å². The van der Waals surface area contributed by atoms with Gasteiger partial charge in [-0.25, -0.2) is 0 Å². The SMILES string of the molecule is Cc1cccc(Cn2cccc(C(=O)NCC3(N(C)C)CCSC3)c2=O)c1. The number of nitrogens with zero attached hydrogens (tertiary/aromatic N) is 2. The quantitative estimate of drug-likeness (QED) is 0.830. The molecule has 1 amide bonds. The van der Waals surface area contributed by atoms with Gasteiger partial charge in [0.2, 0.25) is 0 Å². The third-order valence-electron chi connectivity index (χ3n) is 5.31. The summed E-state index contributed by atoms with van der Waals surface area (Å²) in [6, 6.07) is 11.4. The summed E-state index contributed by atoms with van der Waals surface area (Å²) in [5, 5.41) is 3.00. The first kappa shape index (κ1) is 19.7. The fraction of sp³-hybridized carbons (Fsp3) is 0.429. The van der Waals surface area contributed by atoms with E-state index in [4.69, 9.17) is 0 Å². The highest BCUT2D eigenvalue weighted by Gasteiger charge is 2.36. The van der Waals surface area contributed by atoms with E-state index in [0.717, 1.165) is 29.1 Å². The molecule has 6 heteroatoms. The summed E-state index contributed by atoms with van der Waals surface area (Å²) in [5.41, 5.74) is 2.11. The number of aryl methyl sites for hydroxylation is 1. The van der Waals surface area contributed by atoms with E-state index in [1.165, 1.54) is 0 Å². The molecule has 0 spiro atoms. The monoisotopic (exact) mass is 385 g/mol. The van der Waals surface area contributed by atoms with E-state index in [1.54, 1.807) is 22.9 Å². The van der Waals surface area contributed by atoms with Crippen molar-refractivity contribution in [3.63, 3.8) is 0 Å². The van der Waals surface area contributed by atoms with E-state index in [0.29, 0.717) is 13.1 Å². The minimum Gasteiger partial charge on any atom is -0.350 e. The molecular weight excluding hydrogens is 358 g/mol. The molecule has 5 nitrogen and oxygen atoms in total. The average molecular weight is 386 g/mol. The van der Waals surface area contributed by atoms with Crippen LogP contribution in [0.15, 0.2) is 47.4 Å². The van der Waals surface area contributed by atoms with Gasteiger partial charge in [0.15, 0.2) is 0 Å². The van der Waals surface area contributed by atoms with Gasteiger partial charge in [-0.05, 0) is 50.9 Å². The number of amides is 1. The van der Waals surface area contributed by atoms with E-state index < -0.39 is 0 Å². The third-order valence-corrected chi connectivity index (χ3v) is 6.54. The molecule has 1 aromatic heterocycles. The second-order valence-electron chi connectivity index (χ2n) is 7.45. The van der Waals surface area contributed by atoms with Crippen molar-refractivity contribution in [1.82, 2.24) is 14.8 Å². The highest BCUT2D eigenvalue weighted by molar-refractivity contribution is 7.99. The van der Waals surface area contributed by atoms with Crippen LogP contribution in [0.2, 0.25) is 0 Å². The molecule has 0 radical (unpaired) electrons. The molecular formula is C21H27N3O2S. The summed E-state index contributed by atoms with van der Waals surface area (Å²) in [6.45, 7) is 3.04. The molecule has 0 bridgehead atoms. The van der Waals surface area contributed by atoms with Gasteiger partial charge >= 0.3 is 0 Å². The molecule has 0 aliphatic carbocycles. The first-order valence-corrected chi connectivity index (χ1v) is 10.4. The first-order valence-electron chi connectivity index (χ1n) is 9.20. The van der Waals surface area contributed by atoms with Crippen LogP contribution in [0.25, 0.3) is 0 Å². The molecule has 1 aromatic carbocycles. The summed E-state index contributed by atoms with van der Waals surface area (Å²) < 4.78 is 1.59. The van der Waals surface area contributed by atoms with Gasteiger partial charge in [0.1, 0.15) is 5.56 Å². The largest absolute Gasteiger partial charge is 0.350 e. The summed E-state index contributed by atoms with van der Waals surface area (Å²) in [5.74, 6) is 1.80. The van der Waals surface area contributed by atoms with E-state index in [2.05, 4.69) is 30.4 Å². The zero-order valence-electron chi connectivity index (χ0n) is 16.2. The zero-order chi connectivity index (χ0) is 19.4. The third kappa shape index (κ3) is 4.45. The van der Waals surface area contributed by atoms with Gasteiger partial charge in [0.25, 0.3) is 11.5 Å². The van der Waals surface area contributed by atoms with Gasteiger partial charge in [-0.2, -0.15) is 11.8 Å². The van der Waals surface area contributed by atoms with Gasteiger partial charge in [-0.3, -0.25) is 9.59 Å². The van der Waals surface area contributed by atoms with Crippen LogP contribution >= 0.6 is 11.8 Å². The van der Waals surface area contributed by atoms with Crippen molar-refractivity contribution in [2.45, 2.75) is 25.4 Å².